The zero-order valence-electron chi connectivity index (χ0n) is 11.1. The SMILES string of the molecule is N#Cc1cc(-c2ccc(Cl)cc2)ccc1N1CCCC1. The Hall–Kier alpha value is -1.98. The fourth-order valence-electron chi connectivity index (χ4n) is 2.68. The molecule has 1 saturated heterocycles. The third kappa shape index (κ3) is 2.50. The van der Waals surface area contributed by atoms with E-state index in [1.807, 2.05) is 30.3 Å². The zero-order chi connectivity index (χ0) is 13.9. The van der Waals surface area contributed by atoms with Gasteiger partial charge in [-0.1, -0.05) is 29.8 Å². The largest absolute Gasteiger partial charge is 0.370 e. The number of halogens is 1. The molecule has 0 unspecified atom stereocenters. The summed E-state index contributed by atoms with van der Waals surface area (Å²) in [7, 11) is 0. The molecule has 0 saturated carbocycles. The predicted molar refractivity (Wildman–Crippen MR) is 83.1 cm³/mol. The van der Waals surface area contributed by atoms with Crippen molar-refractivity contribution in [1.29, 1.82) is 5.26 Å². The highest BCUT2D eigenvalue weighted by molar-refractivity contribution is 6.30. The zero-order valence-corrected chi connectivity index (χ0v) is 11.9. The van der Waals surface area contributed by atoms with Gasteiger partial charge in [-0.2, -0.15) is 5.26 Å². The van der Waals surface area contributed by atoms with Crippen molar-refractivity contribution in [3.05, 3.63) is 53.1 Å². The minimum Gasteiger partial charge on any atom is -0.370 e. The number of anilines is 1. The summed E-state index contributed by atoms with van der Waals surface area (Å²) < 4.78 is 0. The van der Waals surface area contributed by atoms with E-state index >= 15 is 0 Å². The molecule has 0 atom stereocenters. The van der Waals surface area contributed by atoms with Crippen LogP contribution in [0.2, 0.25) is 5.02 Å². The Kier molecular flexibility index (Phi) is 3.62. The minimum atomic E-state index is 0.725. The molecule has 0 amide bonds. The topological polar surface area (TPSA) is 27.0 Å². The van der Waals surface area contributed by atoms with Crippen molar-refractivity contribution in [3.8, 4) is 17.2 Å². The Labute approximate surface area is 124 Å². The second-order valence-electron chi connectivity index (χ2n) is 5.04. The van der Waals surface area contributed by atoms with Crippen molar-refractivity contribution in [2.45, 2.75) is 12.8 Å². The van der Waals surface area contributed by atoms with E-state index in [1.165, 1.54) is 12.8 Å². The number of benzene rings is 2. The highest BCUT2D eigenvalue weighted by atomic mass is 35.5. The van der Waals surface area contributed by atoms with Crippen LogP contribution in [0, 0.1) is 11.3 Å². The average molecular weight is 283 g/mol. The van der Waals surface area contributed by atoms with Crippen LogP contribution in [0.1, 0.15) is 18.4 Å². The van der Waals surface area contributed by atoms with E-state index in [0.29, 0.717) is 0 Å². The summed E-state index contributed by atoms with van der Waals surface area (Å²) in [5.41, 5.74) is 3.95. The van der Waals surface area contributed by atoms with Crippen LogP contribution in [0.4, 0.5) is 5.69 Å². The van der Waals surface area contributed by atoms with E-state index in [9.17, 15) is 5.26 Å². The van der Waals surface area contributed by atoms with Gasteiger partial charge >= 0.3 is 0 Å². The van der Waals surface area contributed by atoms with Gasteiger partial charge in [-0.05, 0) is 48.2 Å². The molecule has 1 fully saturated rings. The van der Waals surface area contributed by atoms with Gasteiger partial charge in [0, 0.05) is 18.1 Å². The van der Waals surface area contributed by atoms with E-state index in [-0.39, 0.29) is 0 Å². The molecule has 0 aromatic heterocycles. The molecule has 2 aromatic rings. The Balaban J connectivity index is 1.98. The third-order valence-electron chi connectivity index (χ3n) is 3.74. The standard InChI is InChI=1S/C17H15ClN2/c18-16-6-3-13(4-7-16)14-5-8-17(15(11-14)12-19)20-9-1-2-10-20/h3-8,11H,1-2,9-10H2. The molecule has 1 aliphatic heterocycles. The van der Waals surface area contributed by atoms with Crippen LogP contribution in [0.3, 0.4) is 0 Å². The molecule has 3 heteroatoms. The summed E-state index contributed by atoms with van der Waals surface area (Å²) in [6.07, 6.45) is 2.42. The van der Waals surface area contributed by atoms with Gasteiger partial charge in [0.1, 0.15) is 6.07 Å². The molecule has 3 rings (SSSR count). The summed E-state index contributed by atoms with van der Waals surface area (Å²) >= 11 is 5.91. The monoisotopic (exact) mass is 282 g/mol. The van der Waals surface area contributed by atoms with Crippen molar-refractivity contribution in [1.82, 2.24) is 0 Å². The number of hydrogen-bond donors (Lipinski definition) is 0. The predicted octanol–water partition coefficient (Wildman–Crippen LogP) is 4.48. The smallest absolute Gasteiger partial charge is 0.101 e. The fraction of sp³-hybridized carbons (Fsp3) is 0.235. The van der Waals surface area contributed by atoms with Crippen LogP contribution in [-0.2, 0) is 0 Å². The van der Waals surface area contributed by atoms with E-state index in [2.05, 4.69) is 23.1 Å². The van der Waals surface area contributed by atoms with E-state index in [1.54, 1.807) is 0 Å². The third-order valence-corrected chi connectivity index (χ3v) is 3.99. The van der Waals surface area contributed by atoms with Gasteiger partial charge in [-0.25, -0.2) is 0 Å². The molecule has 20 heavy (non-hydrogen) atoms. The molecule has 2 nitrogen and oxygen atoms in total. The molecular formula is C17H15ClN2. The first kappa shape index (κ1) is 13.0. The van der Waals surface area contributed by atoms with Crippen molar-refractivity contribution < 1.29 is 0 Å². The molecule has 0 bridgehead atoms. The number of nitriles is 1. The Morgan fingerprint density at radius 2 is 1.60 bits per heavy atom. The van der Waals surface area contributed by atoms with Crippen LogP contribution in [0.25, 0.3) is 11.1 Å². The maximum absolute atomic E-state index is 9.40. The summed E-state index contributed by atoms with van der Waals surface area (Å²) in [6.45, 7) is 2.10. The van der Waals surface area contributed by atoms with Gasteiger partial charge in [-0.15, -0.1) is 0 Å². The van der Waals surface area contributed by atoms with Gasteiger partial charge < -0.3 is 4.90 Å². The number of rotatable bonds is 2. The molecule has 0 spiro atoms. The number of hydrogen-bond acceptors (Lipinski definition) is 2. The Morgan fingerprint density at radius 1 is 0.950 bits per heavy atom. The molecule has 1 aliphatic rings. The van der Waals surface area contributed by atoms with Crippen LogP contribution in [0.5, 0.6) is 0 Å². The van der Waals surface area contributed by atoms with Gasteiger partial charge in [0.05, 0.1) is 11.3 Å². The molecule has 0 radical (unpaired) electrons. The lowest BCUT2D eigenvalue weighted by atomic mass is 10.0. The van der Waals surface area contributed by atoms with Crippen LogP contribution in [-0.4, -0.2) is 13.1 Å². The lowest BCUT2D eigenvalue weighted by Gasteiger charge is -2.19. The Morgan fingerprint density at radius 3 is 2.25 bits per heavy atom. The van der Waals surface area contributed by atoms with Gasteiger partial charge in [0.15, 0.2) is 0 Å². The summed E-state index contributed by atoms with van der Waals surface area (Å²) in [4.78, 5) is 2.30. The van der Waals surface area contributed by atoms with Crippen molar-refractivity contribution in [2.75, 3.05) is 18.0 Å². The maximum Gasteiger partial charge on any atom is 0.101 e. The first-order valence-corrected chi connectivity index (χ1v) is 7.21. The molecule has 2 aromatic carbocycles. The first-order chi connectivity index (χ1) is 9.78. The van der Waals surface area contributed by atoms with Crippen molar-refractivity contribution >= 4 is 17.3 Å². The maximum atomic E-state index is 9.40. The van der Waals surface area contributed by atoms with Crippen LogP contribution < -0.4 is 4.90 Å². The molecule has 100 valence electrons. The molecular weight excluding hydrogens is 268 g/mol. The van der Waals surface area contributed by atoms with Crippen molar-refractivity contribution in [3.63, 3.8) is 0 Å². The second kappa shape index (κ2) is 5.56. The van der Waals surface area contributed by atoms with E-state index in [0.717, 1.165) is 40.5 Å². The highest BCUT2D eigenvalue weighted by Gasteiger charge is 2.16. The van der Waals surface area contributed by atoms with Gasteiger partial charge in [-0.3, -0.25) is 0 Å². The number of nitrogens with zero attached hydrogens (tertiary/aromatic N) is 2. The highest BCUT2D eigenvalue weighted by Crippen LogP contribution is 2.29. The summed E-state index contributed by atoms with van der Waals surface area (Å²) in [5, 5.41) is 10.1. The minimum absolute atomic E-state index is 0.725. The first-order valence-electron chi connectivity index (χ1n) is 6.83. The second-order valence-corrected chi connectivity index (χ2v) is 5.48. The summed E-state index contributed by atoms with van der Waals surface area (Å²) in [6, 6.07) is 16.1. The summed E-state index contributed by atoms with van der Waals surface area (Å²) in [5.74, 6) is 0. The normalized spacial score (nSPS) is 14.3. The van der Waals surface area contributed by atoms with Gasteiger partial charge in [0.2, 0.25) is 0 Å². The molecule has 1 heterocycles. The average Bonchev–Trinajstić information content (AvgIpc) is 3.01. The van der Waals surface area contributed by atoms with Gasteiger partial charge in [0.25, 0.3) is 0 Å². The van der Waals surface area contributed by atoms with Crippen LogP contribution >= 0.6 is 11.6 Å². The Bertz CT molecular complexity index is 650. The fourth-order valence-corrected chi connectivity index (χ4v) is 2.81. The lowest BCUT2D eigenvalue weighted by Crippen LogP contribution is -2.18. The quantitative estimate of drug-likeness (QED) is 0.812. The lowest BCUT2D eigenvalue weighted by molar-refractivity contribution is 0.949. The van der Waals surface area contributed by atoms with Crippen LogP contribution in [0.15, 0.2) is 42.5 Å². The van der Waals surface area contributed by atoms with Crippen molar-refractivity contribution in [2.24, 2.45) is 0 Å². The molecule has 0 aliphatic carbocycles. The van der Waals surface area contributed by atoms with E-state index in [4.69, 9.17) is 11.6 Å². The molecule has 0 N–H and O–H groups in total. The van der Waals surface area contributed by atoms with E-state index < -0.39 is 0 Å².